The van der Waals surface area contributed by atoms with E-state index in [4.69, 9.17) is 4.74 Å². The lowest BCUT2D eigenvalue weighted by atomic mass is 9.97. The number of piperazine rings is 1. The van der Waals surface area contributed by atoms with E-state index in [1.165, 1.54) is 12.1 Å². The fraction of sp³-hybridized carbons (Fsp3) is 0.348. The third-order valence-electron chi connectivity index (χ3n) is 5.15. The standard InChI is InChI=1S/C23H24F2N2O3/c1-23(2)13-19(18-12-17(29-22(24)25)8-9-20(18)30-23)27-11-10-26(15-21(27)28)14-16-6-4-3-5-7-16/h3-9,12-13,22H,10-11,14-15H2,1-2H3. The van der Waals surface area contributed by atoms with Crippen molar-refractivity contribution in [2.45, 2.75) is 32.6 Å². The molecule has 0 saturated carbocycles. The molecule has 7 heteroatoms. The summed E-state index contributed by atoms with van der Waals surface area (Å²) in [5, 5.41) is 0. The highest BCUT2D eigenvalue weighted by atomic mass is 19.3. The van der Waals surface area contributed by atoms with Gasteiger partial charge in [0.05, 0.1) is 12.2 Å². The molecular weight excluding hydrogens is 390 g/mol. The van der Waals surface area contributed by atoms with Gasteiger partial charge in [-0.1, -0.05) is 30.3 Å². The first-order valence-corrected chi connectivity index (χ1v) is 9.88. The maximum atomic E-state index is 13.0. The summed E-state index contributed by atoms with van der Waals surface area (Å²) in [6.07, 6.45) is 1.87. The maximum absolute atomic E-state index is 13.0. The predicted molar refractivity (Wildman–Crippen MR) is 109 cm³/mol. The number of amides is 1. The highest BCUT2D eigenvalue weighted by Crippen LogP contribution is 2.40. The average Bonchev–Trinajstić information content (AvgIpc) is 2.68. The summed E-state index contributed by atoms with van der Waals surface area (Å²) in [5.74, 6) is 0.541. The van der Waals surface area contributed by atoms with Crippen molar-refractivity contribution >= 4 is 11.6 Å². The molecule has 0 N–H and O–H groups in total. The van der Waals surface area contributed by atoms with Gasteiger partial charge in [-0.15, -0.1) is 0 Å². The second kappa shape index (κ2) is 8.07. The fourth-order valence-electron chi connectivity index (χ4n) is 3.87. The summed E-state index contributed by atoms with van der Waals surface area (Å²) in [5.41, 5.74) is 1.78. The number of hydrogen-bond acceptors (Lipinski definition) is 4. The first-order valence-electron chi connectivity index (χ1n) is 9.88. The molecule has 0 unspecified atom stereocenters. The number of hydrogen-bond donors (Lipinski definition) is 0. The van der Waals surface area contributed by atoms with Crippen LogP contribution in [0.15, 0.2) is 54.6 Å². The zero-order chi connectivity index (χ0) is 21.3. The number of carbonyl (C=O) groups is 1. The Kier molecular flexibility index (Phi) is 5.47. The van der Waals surface area contributed by atoms with E-state index in [-0.39, 0.29) is 18.2 Å². The van der Waals surface area contributed by atoms with E-state index in [1.54, 1.807) is 11.0 Å². The molecule has 30 heavy (non-hydrogen) atoms. The summed E-state index contributed by atoms with van der Waals surface area (Å²) < 4.78 is 35.9. The summed E-state index contributed by atoms with van der Waals surface area (Å²) in [7, 11) is 0. The van der Waals surface area contributed by atoms with E-state index in [1.807, 2.05) is 50.3 Å². The normalized spacial score (nSPS) is 18.6. The highest BCUT2D eigenvalue weighted by Gasteiger charge is 2.34. The Morgan fingerprint density at radius 1 is 1.13 bits per heavy atom. The molecule has 2 aromatic carbocycles. The van der Waals surface area contributed by atoms with Crippen LogP contribution in [0, 0.1) is 0 Å². The summed E-state index contributed by atoms with van der Waals surface area (Å²) in [6.45, 7) is 3.09. The van der Waals surface area contributed by atoms with E-state index in [0.29, 0.717) is 36.6 Å². The van der Waals surface area contributed by atoms with E-state index in [2.05, 4.69) is 9.64 Å². The molecule has 2 aliphatic heterocycles. The molecule has 1 saturated heterocycles. The first-order chi connectivity index (χ1) is 14.3. The van der Waals surface area contributed by atoms with E-state index < -0.39 is 12.2 Å². The summed E-state index contributed by atoms with van der Waals surface area (Å²) in [4.78, 5) is 16.9. The van der Waals surface area contributed by atoms with Crippen LogP contribution in [-0.2, 0) is 11.3 Å². The molecule has 158 valence electrons. The number of carbonyl (C=O) groups excluding carboxylic acids is 1. The number of halogens is 2. The third kappa shape index (κ3) is 4.46. The predicted octanol–water partition coefficient (Wildman–Crippen LogP) is 4.14. The second-order valence-corrected chi connectivity index (χ2v) is 8.01. The monoisotopic (exact) mass is 414 g/mol. The molecule has 1 fully saturated rings. The van der Waals surface area contributed by atoms with Crippen molar-refractivity contribution in [1.29, 1.82) is 0 Å². The molecule has 5 nitrogen and oxygen atoms in total. The highest BCUT2D eigenvalue weighted by molar-refractivity contribution is 5.90. The Bertz CT molecular complexity index is 960. The van der Waals surface area contributed by atoms with E-state index in [9.17, 15) is 13.6 Å². The third-order valence-corrected chi connectivity index (χ3v) is 5.15. The van der Waals surface area contributed by atoms with Crippen LogP contribution in [0.1, 0.15) is 25.0 Å². The minimum Gasteiger partial charge on any atom is -0.483 e. The molecule has 2 heterocycles. The molecule has 0 atom stereocenters. The number of rotatable bonds is 5. The summed E-state index contributed by atoms with van der Waals surface area (Å²) in [6, 6.07) is 14.6. The minimum absolute atomic E-state index is 0.0349. The summed E-state index contributed by atoms with van der Waals surface area (Å²) >= 11 is 0. The van der Waals surface area contributed by atoms with Crippen molar-refractivity contribution in [3.8, 4) is 11.5 Å². The van der Waals surface area contributed by atoms with Crippen LogP contribution in [0.3, 0.4) is 0 Å². The lowest BCUT2D eigenvalue weighted by Gasteiger charge is -2.39. The van der Waals surface area contributed by atoms with Crippen LogP contribution in [-0.4, -0.2) is 47.6 Å². The van der Waals surface area contributed by atoms with Crippen LogP contribution >= 0.6 is 0 Å². The number of nitrogens with zero attached hydrogens (tertiary/aromatic N) is 2. The Hall–Kier alpha value is -2.93. The van der Waals surface area contributed by atoms with Crippen LogP contribution in [0.25, 0.3) is 5.70 Å². The molecule has 1 amide bonds. The van der Waals surface area contributed by atoms with Crippen molar-refractivity contribution in [3.05, 3.63) is 65.7 Å². The lowest BCUT2D eigenvalue weighted by molar-refractivity contribution is -0.132. The zero-order valence-electron chi connectivity index (χ0n) is 17.0. The van der Waals surface area contributed by atoms with Gasteiger partial charge in [-0.25, -0.2) is 0 Å². The van der Waals surface area contributed by atoms with Crippen molar-refractivity contribution in [3.63, 3.8) is 0 Å². The van der Waals surface area contributed by atoms with Gasteiger partial charge in [-0.3, -0.25) is 9.69 Å². The molecule has 2 aliphatic rings. The van der Waals surface area contributed by atoms with Crippen molar-refractivity contribution in [2.24, 2.45) is 0 Å². The van der Waals surface area contributed by atoms with Gasteiger partial charge in [0.1, 0.15) is 17.1 Å². The largest absolute Gasteiger partial charge is 0.483 e. The molecule has 0 aliphatic carbocycles. The Morgan fingerprint density at radius 3 is 2.60 bits per heavy atom. The average molecular weight is 414 g/mol. The number of benzene rings is 2. The smallest absolute Gasteiger partial charge is 0.387 e. The molecular formula is C23H24F2N2O3. The number of ether oxygens (including phenoxy) is 2. The van der Waals surface area contributed by atoms with Crippen molar-refractivity contribution in [1.82, 2.24) is 9.80 Å². The molecule has 4 rings (SSSR count). The molecule has 0 spiro atoms. The van der Waals surface area contributed by atoms with Gasteiger partial charge < -0.3 is 14.4 Å². The fourth-order valence-corrected chi connectivity index (χ4v) is 3.87. The van der Waals surface area contributed by atoms with Crippen LogP contribution in [0.2, 0.25) is 0 Å². The van der Waals surface area contributed by atoms with Gasteiger partial charge in [-0.2, -0.15) is 8.78 Å². The van der Waals surface area contributed by atoms with Gasteiger partial charge in [0.15, 0.2) is 0 Å². The molecule has 0 bridgehead atoms. The first kappa shape index (κ1) is 20.3. The Balaban J connectivity index is 1.57. The van der Waals surface area contributed by atoms with Crippen molar-refractivity contribution < 1.29 is 23.0 Å². The molecule has 0 radical (unpaired) electrons. The Morgan fingerprint density at radius 2 is 1.90 bits per heavy atom. The maximum Gasteiger partial charge on any atom is 0.387 e. The van der Waals surface area contributed by atoms with Gasteiger partial charge in [0, 0.05) is 25.2 Å². The minimum atomic E-state index is -2.92. The van der Waals surface area contributed by atoms with Crippen molar-refractivity contribution in [2.75, 3.05) is 19.6 Å². The van der Waals surface area contributed by atoms with Crippen LogP contribution in [0.5, 0.6) is 11.5 Å². The number of fused-ring (bicyclic) bond motifs is 1. The topological polar surface area (TPSA) is 42.0 Å². The van der Waals surface area contributed by atoms with Crippen LogP contribution in [0.4, 0.5) is 8.78 Å². The van der Waals surface area contributed by atoms with E-state index in [0.717, 1.165) is 5.56 Å². The quantitative estimate of drug-likeness (QED) is 0.737. The van der Waals surface area contributed by atoms with Crippen LogP contribution < -0.4 is 9.47 Å². The van der Waals surface area contributed by atoms with Gasteiger partial charge in [0.2, 0.25) is 5.91 Å². The Labute approximate surface area is 174 Å². The SMILES string of the molecule is CC1(C)C=C(N2CCN(Cc3ccccc3)CC2=O)c2cc(OC(F)F)ccc2O1. The van der Waals surface area contributed by atoms with Gasteiger partial charge in [-0.05, 0) is 43.7 Å². The zero-order valence-corrected chi connectivity index (χ0v) is 17.0. The second-order valence-electron chi connectivity index (χ2n) is 8.01. The molecule has 2 aromatic rings. The van der Waals surface area contributed by atoms with Gasteiger partial charge >= 0.3 is 6.61 Å². The number of alkyl halides is 2. The van der Waals surface area contributed by atoms with Gasteiger partial charge in [0.25, 0.3) is 0 Å². The molecule has 0 aromatic heterocycles. The van der Waals surface area contributed by atoms with E-state index >= 15 is 0 Å². The lowest BCUT2D eigenvalue weighted by Crippen LogP contribution is -2.49.